The fraction of sp³-hybridized carbons (Fsp3) is 0.548. The highest BCUT2D eigenvalue weighted by Gasteiger charge is 2.32. The molecule has 1 amide bonds. The van der Waals surface area contributed by atoms with E-state index >= 15 is 0 Å². The minimum absolute atomic E-state index is 0.211. The first-order valence-electron chi connectivity index (χ1n) is 13.5. The number of aliphatic hydroxyl groups is 2. The highest BCUT2D eigenvalue weighted by Crippen LogP contribution is 2.19. The normalized spacial score (nSPS) is 13.8. The fourth-order valence-corrected chi connectivity index (χ4v) is 2.92. The molecule has 1 atom stereocenters. The molecule has 0 fully saturated rings. The van der Waals surface area contributed by atoms with Crippen molar-refractivity contribution in [2.75, 3.05) is 19.8 Å². The van der Waals surface area contributed by atoms with Crippen LogP contribution in [0.5, 0.6) is 0 Å². The van der Waals surface area contributed by atoms with E-state index in [1.807, 2.05) is 12.2 Å². The quantitative estimate of drug-likeness (QED) is 0.101. The van der Waals surface area contributed by atoms with Gasteiger partial charge in [-0.3, -0.25) is 9.59 Å². The fourth-order valence-electron chi connectivity index (χ4n) is 2.92. The van der Waals surface area contributed by atoms with E-state index in [9.17, 15) is 19.8 Å². The van der Waals surface area contributed by atoms with E-state index in [0.717, 1.165) is 38.5 Å². The SMILES string of the molecule is CC/C=C\C/C=C\C/C=C\C/C=C\C/C=C\C/C=C\CCC(=O)OCCCNC(=O)C(O)C(C)(C)CO. The van der Waals surface area contributed by atoms with E-state index in [2.05, 4.69) is 73.0 Å². The molecule has 0 saturated heterocycles. The number of hydrogen-bond acceptors (Lipinski definition) is 5. The summed E-state index contributed by atoms with van der Waals surface area (Å²) in [5.41, 5.74) is -0.905. The van der Waals surface area contributed by atoms with Crippen LogP contribution in [0.25, 0.3) is 0 Å². The molecular formula is C31H49NO5. The first kappa shape index (κ1) is 34.3. The van der Waals surface area contributed by atoms with Crippen molar-refractivity contribution in [2.24, 2.45) is 5.41 Å². The Morgan fingerprint density at radius 1 is 0.811 bits per heavy atom. The van der Waals surface area contributed by atoms with Gasteiger partial charge in [-0.2, -0.15) is 0 Å². The molecule has 0 radical (unpaired) electrons. The Labute approximate surface area is 224 Å². The van der Waals surface area contributed by atoms with Crippen LogP contribution in [-0.4, -0.2) is 48.0 Å². The van der Waals surface area contributed by atoms with Crippen LogP contribution in [0.1, 0.15) is 78.6 Å². The van der Waals surface area contributed by atoms with Gasteiger partial charge in [0.25, 0.3) is 0 Å². The molecule has 0 aliphatic carbocycles. The van der Waals surface area contributed by atoms with Crippen LogP contribution in [0.15, 0.2) is 72.9 Å². The molecule has 0 aromatic heterocycles. The van der Waals surface area contributed by atoms with Crippen LogP contribution in [0, 0.1) is 5.41 Å². The largest absolute Gasteiger partial charge is 0.466 e. The number of carbonyl (C=O) groups is 2. The topological polar surface area (TPSA) is 95.9 Å². The first-order chi connectivity index (χ1) is 17.8. The predicted molar refractivity (Wildman–Crippen MR) is 153 cm³/mol. The molecule has 3 N–H and O–H groups in total. The minimum atomic E-state index is -1.29. The summed E-state index contributed by atoms with van der Waals surface area (Å²) >= 11 is 0. The predicted octanol–water partition coefficient (Wildman–Crippen LogP) is 5.89. The summed E-state index contributed by atoms with van der Waals surface area (Å²) in [5.74, 6) is -0.810. The molecule has 0 bridgehead atoms. The maximum Gasteiger partial charge on any atom is 0.306 e. The average molecular weight is 516 g/mol. The van der Waals surface area contributed by atoms with Gasteiger partial charge in [-0.1, -0.05) is 93.7 Å². The van der Waals surface area contributed by atoms with Crippen LogP contribution in [0.3, 0.4) is 0 Å². The molecule has 0 aliphatic rings. The Bertz CT molecular complexity index is 774. The van der Waals surface area contributed by atoms with E-state index in [4.69, 9.17) is 4.74 Å². The van der Waals surface area contributed by atoms with Gasteiger partial charge in [-0.15, -0.1) is 0 Å². The number of hydrogen-bond donors (Lipinski definition) is 3. The summed E-state index contributed by atoms with van der Waals surface area (Å²) in [6.07, 6.45) is 31.6. The molecule has 0 aliphatic heterocycles. The lowest BCUT2D eigenvalue weighted by Crippen LogP contribution is -2.45. The molecule has 0 aromatic carbocycles. The number of nitrogens with one attached hydrogen (secondary N) is 1. The molecular weight excluding hydrogens is 466 g/mol. The molecule has 6 heteroatoms. The zero-order chi connectivity index (χ0) is 27.6. The van der Waals surface area contributed by atoms with Gasteiger partial charge < -0.3 is 20.3 Å². The molecule has 0 heterocycles. The second-order valence-corrected chi connectivity index (χ2v) is 9.37. The van der Waals surface area contributed by atoms with Crippen molar-refractivity contribution in [1.82, 2.24) is 5.32 Å². The van der Waals surface area contributed by atoms with E-state index < -0.39 is 17.4 Å². The van der Waals surface area contributed by atoms with Gasteiger partial charge in [0, 0.05) is 18.4 Å². The summed E-state index contributed by atoms with van der Waals surface area (Å²) in [4.78, 5) is 23.6. The number of amides is 1. The Balaban J connectivity index is 3.70. The number of rotatable bonds is 21. The third-order valence-electron chi connectivity index (χ3n) is 5.39. The third-order valence-corrected chi connectivity index (χ3v) is 5.39. The van der Waals surface area contributed by atoms with Gasteiger partial charge in [0.05, 0.1) is 13.2 Å². The van der Waals surface area contributed by atoms with Crippen molar-refractivity contribution in [3.63, 3.8) is 0 Å². The highest BCUT2D eigenvalue weighted by molar-refractivity contribution is 5.81. The summed E-state index contributed by atoms with van der Waals surface area (Å²) in [6.45, 7) is 5.56. The number of allylic oxidation sites excluding steroid dienone is 12. The highest BCUT2D eigenvalue weighted by atomic mass is 16.5. The summed E-state index contributed by atoms with van der Waals surface area (Å²) < 4.78 is 5.15. The van der Waals surface area contributed by atoms with E-state index in [0.29, 0.717) is 19.3 Å². The summed E-state index contributed by atoms with van der Waals surface area (Å²) in [5, 5.41) is 21.7. The molecule has 37 heavy (non-hydrogen) atoms. The lowest BCUT2D eigenvalue weighted by molar-refractivity contribution is -0.143. The third kappa shape index (κ3) is 21.1. The standard InChI is InChI=1S/C31H49NO5/c1-4-5-6-7-8-9-10-11-12-13-14-15-16-17-18-19-20-21-22-24-28(34)37-26-23-25-32-30(36)29(35)31(2,3)27-33/h5-6,8-9,11-12,14-15,17-18,20-21,29,33,35H,4,7,10,13,16,19,22-27H2,1-3H3,(H,32,36)/b6-5-,9-8-,12-11-,15-14-,18-17-,21-20-. The zero-order valence-corrected chi connectivity index (χ0v) is 23.1. The minimum Gasteiger partial charge on any atom is -0.466 e. The molecule has 6 nitrogen and oxygen atoms in total. The van der Waals surface area contributed by atoms with Gasteiger partial charge >= 0.3 is 5.97 Å². The summed E-state index contributed by atoms with van der Waals surface area (Å²) in [6, 6.07) is 0. The zero-order valence-electron chi connectivity index (χ0n) is 23.1. The lowest BCUT2D eigenvalue weighted by atomic mass is 9.87. The van der Waals surface area contributed by atoms with E-state index in [1.54, 1.807) is 13.8 Å². The molecule has 0 rings (SSSR count). The van der Waals surface area contributed by atoms with Crippen LogP contribution in [0.2, 0.25) is 0 Å². The number of esters is 1. The smallest absolute Gasteiger partial charge is 0.306 e. The van der Waals surface area contributed by atoms with Crippen LogP contribution in [-0.2, 0) is 14.3 Å². The number of carbonyl (C=O) groups excluding carboxylic acids is 2. The van der Waals surface area contributed by atoms with Gasteiger partial charge in [0.15, 0.2) is 0 Å². The molecule has 0 spiro atoms. The Kier molecular flexibility index (Phi) is 22.0. The number of ether oxygens (including phenoxy) is 1. The Morgan fingerprint density at radius 3 is 1.73 bits per heavy atom. The number of aliphatic hydroxyl groups excluding tert-OH is 2. The van der Waals surface area contributed by atoms with Crippen molar-refractivity contribution in [2.45, 2.75) is 84.7 Å². The maximum atomic E-state index is 11.8. The monoisotopic (exact) mass is 515 g/mol. The van der Waals surface area contributed by atoms with Crippen molar-refractivity contribution in [3.8, 4) is 0 Å². The van der Waals surface area contributed by atoms with Gasteiger partial charge in [0.1, 0.15) is 6.10 Å². The van der Waals surface area contributed by atoms with Crippen molar-refractivity contribution in [3.05, 3.63) is 72.9 Å². The van der Waals surface area contributed by atoms with Crippen molar-refractivity contribution >= 4 is 11.9 Å². The van der Waals surface area contributed by atoms with Crippen molar-refractivity contribution < 1.29 is 24.5 Å². The molecule has 0 saturated carbocycles. The van der Waals surface area contributed by atoms with Crippen LogP contribution >= 0.6 is 0 Å². The van der Waals surface area contributed by atoms with Crippen LogP contribution < -0.4 is 5.32 Å². The average Bonchev–Trinajstić information content (AvgIpc) is 2.89. The van der Waals surface area contributed by atoms with Crippen LogP contribution in [0.4, 0.5) is 0 Å². The lowest BCUT2D eigenvalue weighted by Gasteiger charge is -2.27. The Hall–Kier alpha value is -2.70. The molecule has 1 unspecified atom stereocenters. The van der Waals surface area contributed by atoms with E-state index in [-0.39, 0.29) is 25.7 Å². The van der Waals surface area contributed by atoms with Gasteiger partial charge in [0.2, 0.25) is 5.91 Å². The second kappa shape index (κ2) is 23.7. The van der Waals surface area contributed by atoms with E-state index in [1.165, 1.54) is 0 Å². The molecule has 0 aromatic rings. The Morgan fingerprint density at radius 2 is 1.27 bits per heavy atom. The van der Waals surface area contributed by atoms with Crippen molar-refractivity contribution in [1.29, 1.82) is 0 Å². The van der Waals surface area contributed by atoms with Gasteiger partial charge in [-0.05, 0) is 51.4 Å². The van der Waals surface area contributed by atoms with Gasteiger partial charge in [-0.25, -0.2) is 0 Å². The maximum absolute atomic E-state index is 11.8. The first-order valence-corrected chi connectivity index (χ1v) is 13.5. The second-order valence-electron chi connectivity index (χ2n) is 9.37. The summed E-state index contributed by atoms with van der Waals surface area (Å²) in [7, 11) is 0. The molecule has 208 valence electrons.